The van der Waals surface area contributed by atoms with Crippen LogP contribution < -0.4 is 0 Å². The molecule has 1 aliphatic carbocycles. The Labute approximate surface area is 170 Å². The van der Waals surface area contributed by atoms with Crippen LogP contribution in [0.4, 0.5) is 0 Å². The number of benzene rings is 1. The summed E-state index contributed by atoms with van der Waals surface area (Å²) in [6.45, 7) is 2.26. The van der Waals surface area contributed by atoms with Gasteiger partial charge in [-0.25, -0.2) is 4.98 Å². The standard InChI is InChI=1S/C23H26N4O2/c28-21-19(17-4-2-1-3-5-17)14-23(16-27(21)18-6-7-18)8-12-26(13-9-23)22(29)20-15-24-10-11-25-20/h1-5,10-11,15,18-19H,6-9,12-14,16H2. The van der Waals surface area contributed by atoms with Gasteiger partial charge in [-0.05, 0) is 43.1 Å². The van der Waals surface area contributed by atoms with Gasteiger partial charge < -0.3 is 9.80 Å². The Morgan fingerprint density at radius 2 is 1.83 bits per heavy atom. The van der Waals surface area contributed by atoms with Crippen molar-refractivity contribution >= 4 is 11.8 Å². The molecule has 0 radical (unpaired) electrons. The van der Waals surface area contributed by atoms with Crippen molar-refractivity contribution in [3.63, 3.8) is 0 Å². The molecule has 6 heteroatoms. The van der Waals surface area contributed by atoms with E-state index < -0.39 is 0 Å². The molecular weight excluding hydrogens is 364 g/mol. The topological polar surface area (TPSA) is 66.4 Å². The highest BCUT2D eigenvalue weighted by atomic mass is 16.2. The van der Waals surface area contributed by atoms with Gasteiger partial charge in [-0.2, -0.15) is 0 Å². The minimum atomic E-state index is -0.0622. The second-order valence-electron chi connectivity index (χ2n) is 8.75. The van der Waals surface area contributed by atoms with Crippen LogP contribution in [0, 0.1) is 5.41 Å². The van der Waals surface area contributed by atoms with Crippen LogP contribution in [0.2, 0.25) is 0 Å². The van der Waals surface area contributed by atoms with E-state index in [4.69, 9.17) is 0 Å². The van der Waals surface area contributed by atoms with Gasteiger partial charge >= 0.3 is 0 Å². The molecule has 150 valence electrons. The summed E-state index contributed by atoms with van der Waals surface area (Å²) < 4.78 is 0. The summed E-state index contributed by atoms with van der Waals surface area (Å²) in [5, 5.41) is 0. The van der Waals surface area contributed by atoms with Gasteiger partial charge in [0.25, 0.3) is 5.91 Å². The summed E-state index contributed by atoms with van der Waals surface area (Å²) in [5.74, 6) is 0.189. The summed E-state index contributed by atoms with van der Waals surface area (Å²) in [6, 6.07) is 10.6. The second kappa shape index (κ2) is 7.25. The SMILES string of the molecule is O=C(c1cnccn1)N1CCC2(CC1)CC(c1ccccc1)C(=O)N(C1CC1)C2. The fraction of sp³-hybridized carbons (Fsp3) is 0.478. The van der Waals surface area contributed by atoms with Crippen LogP contribution in [-0.2, 0) is 4.79 Å². The van der Waals surface area contributed by atoms with E-state index in [0.717, 1.165) is 44.2 Å². The number of nitrogens with zero attached hydrogens (tertiary/aromatic N) is 4. The number of carbonyl (C=O) groups excluding carboxylic acids is 2. The lowest BCUT2D eigenvalue weighted by atomic mass is 9.67. The lowest BCUT2D eigenvalue weighted by Crippen LogP contribution is -2.55. The van der Waals surface area contributed by atoms with E-state index in [1.807, 2.05) is 23.1 Å². The predicted molar refractivity (Wildman–Crippen MR) is 108 cm³/mol. The van der Waals surface area contributed by atoms with Gasteiger partial charge in [0.15, 0.2) is 0 Å². The monoisotopic (exact) mass is 390 g/mol. The van der Waals surface area contributed by atoms with Gasteiger partial charge in [0.2, 0.25) is 5.91 Å². The number of piperidine rings is 2. The minimum absolute atomic E-state index is 0.0431. The first kappa shape index (κ1) is 18.3. The second-order valence-corrected chi connectivity index (χ2v) is 8.75. The average molecular weight is 390 g/mol. The van der Waals surface area contributed by atoms with Crippen LogP contribution in [0.5, 0.6) is 0 Å². The Hall–Kier alpha value is -2.76. The molecule has 1 aromatic carbocycles. The fourth-order valence-corrected chi connectivity index (χ4v) is 4.98. The molecule has 3 fully saturated rings. The summed E-state index contributed by atoms with van der Waals surface area (Å²) in [6.07, 6.45) is 9.66. The molecule has 2 aliphatic heterocycles. The van der Waals surface area contributed by atoms with Crippen LogP contribution in [0.15, 0.2) is 48.9 Å². The zero-order chi connectivity index (χ0) is 19.8. The molecular formula is C23H26N4O2. The van der Waals surface area contributed by atoms with Crippen molar-refractivity contribution < 1.29 is 9.59 Å². The summed E-state index contributed by atoms with van der Waals surface area (Å²) >= 11 is 0. The number of likely N-dealkylation sites (tertiary alicyclic amines) is 2. The van der Waals surface area contributed by atoms with Crippen LogP contribution in [0.25, 0.3) is 0 Å². The molecule has 6 nitrogen and oxygen atoms in total. The highest BCUT2D eigenvalue weighted by Gasteiger charge is 2.49. The maximum absolute atomic E-state index is 13.2. The number of carbonyl (C=O) groups is 2. The lowest BCUT2D eigenvalue weighted by Gasteiger charge is -2.50. The van der Waals surface area contributed by atoms with E-state index in [-0.39, 0.29) is 17.2 Å². The highest BCUT2D eigenvalue weighted by molar-refractivity contribution is 5.92. The van der Waals surface area contributed by atoms with E-state index in [1.165, 1.54) is 6.20 Å². The zero-order valence-electron chi connectivity index (χ0n) is 16.5. The first-order valence-electron chi connectivity index (χ1n) is 10.6. The van der Waals surface area contributed by atoms with E-state index in [9.17, 15) is 9.59 Å². The molecule has 2 aromatic rings. The molecule has 1 aromatic heterocycles. The van der Waals surface area contributed by atoms with E-state index in [2.05, 4.69) is 27.0 Å². The molecule has 1 spiro atoms. The van der Waals surface area contributed by atoms with Crippen LogP contribution >= 0.6 is 0 Å². The van der Waals surface area contributed by atoms with Gasteiger partial charge in [-0.1, -0.05) is 30.3 Å². The smallest absolute Gasteiger partial charge is 0.274 e. The molecule has 2 amide bonds. The van der Waals surface area contributed by atoms with E-state index >= 15 is 0 Å². The first-order chi connectivity index (χ1) is 14.2. The number of aromatic nitrogens is 2. The van der Waals surface area contributed by atoms with Crippen molar-refractivity contribution in [3.05, 3.63) is 60.2 Å². The number of rotatable bonds is 3. The van der Waals surface area contributed by atoms with E-state index in [0.29, 0.717) is 30.7 Å². The Kier molecular flexibility index (Phi) is 4.57. The Balaban J connectivity index is 1.35. The average Bonchev–Trinajstić information content (AvgIpc) is 3.62. The van der Waals surface area contributed by atoms with Crippen molar-refractivity contribution in [2.24, 2.45) is 5.41 Å². The highest BCUT2D eigenvalue weighted by Crippen LogP contribution is 2.48. The van der Waals surface area contributed by atoms with Gasteiger partial charge in [-0.3, -0.25) is 14.6 Å². The van der Waals surface area contributed by atoms with Gasteiger partial charge in [-0.15, -0.1) is 0 Å². The predicted octanol–water partition coefficient (Wildman–Crippen LogP) is 2.88. The largest absolute Gasteiger partial charge is 0.339 e. The van der Waals surface area contributed by atoms with Crippen LogP contribution in [-0.4, -0.2) is 57.3 Å². The van der Waals surface area contributed by atoms with Gasteiger partial charge in [0, 0.05) is 38.1 Å². The third kappa shape index (κ3) is 3.52. The lowest BCUT2D eigenvalue weighted by molar-refractivity contribution is -0.142. The third-order valence-electron chi connectivity index (χ3n) is 6.81. The zero-order valence-corrected chi connectivity index (χ0v) is 16.5. The molecule has 29 heavy (non-hydrogen) atoms. The van der Waals surface area contributed by atoms with Crippen molar-refractivity contribution in [3.8, 4) is 0 Å². The van der Waals surface area contributed by atoms with Crippen molar-refractivity contribution in [1.29, 1.82) is 0 Å². The molecule has 1 atom stereocenters. The van der Waals surface area contributed by atoms with Crippen LogP contribution in [0.3, 0.4) is 0 Å². The molecule has 1 saturated carbocycles. The molecule has 3 aliphatic rings. The maximum atomic E-state index is 13.2. The van der Waals surface area contributed by atoms with Crippen LogP contribution in [0.1, 0.15) is 54.1 Å². The van der Waals surface area contributed by atoms with Crippen molar-refractivity contribution in [2.75, 3.05) is 19.6 Å². The Morgan fingerprint density at radius 3 is 2.48 bits per heavy atom. The Morgan fingerprint density at radius 1 is 1.07 bits per heavy atom. The number of amides is 2. The third-order valence-corrected chi connectivity index (χ3v) is 6.81. The molecule has 5 rings (SSSR count). The molecule has 0 N–H and O–H groups in total. The van der Waals surface area contributed by atoms with Gasteiger partial charge in [0.05, 0.1) is 12.1 Å². The quantitative estimate of drug-likeness (QED) is 0.808. The number of hydrogen-bond donors (Lipinski definition) is 0. The minimum Gasteiger partial charge on any atom is -0.339 e. The molecule has 2 saturated heterocycles. The van der Waals surface area contributed by atoms with E-state index in [1.54, 1.807) is 12.4 Å². The summed E-state index contributed by atoms with van der Waals surface area (Å²) in [7, 11) is 0. The first-order valence-corrected chi connectivity index (χ1v) is 10.6. The van der Waals surface area contributed by atoms with Gasteiger partial charge in [0.1, 0.15) is 5.69 Å². The number of hydrogen-bond acceptors (Lipinski definition) is 4. The summed E-state index contributed by atoms with van der Waals surface area (Å²) in [5.41, 5.74) is 1.63. The normalized spacial score (nSPS) is 24.0. The molecule has 1 unspecified atom stereocenters. The molecule has 0 bridgehead atoms. The fourth-order valence-electron chi connectivity index (χ4n) is 4.98. The molecule has 3 heterocycles. The maximum Gasteiger partial charge on any atom is 0.274 e. The Bertz CT molecular complexity index is 890. The van der Waals surface area contributed by atoms with Crippen molar-refractivity contribution in [2.45, 2.75) is 44.1 Å². The van der Waals surface area contributed by atoms with Crippen molar-refractivity contribution in [1.82, 2.24) is 19.8 Å². The summed E-state index contributed by atoms with van der Waals surface area (Å²) in [4.78, 5) is 38.2.